The van der Waals surface area contributed by atoms with Crippen molar-refractivity contribution in [3.05, 3.63) is 53.1 Å². The molecule has 0 bridgehead atoms. The molecule has 2 aromatic rings. The van der Waals surface area contributed by atoms with Gasteiger partial charge in [-0.1, -0.05) is 24.3 Å². The fourth-order valence-electron chi connectivity index (χ4n) is 3.37. The number of hydrogen-bond donors (Lipinski definition) is 1. The van der Waals surface area contributed by atoms with E-state index in [0.717, 1.165) is 25.1 Å². The summed E-state index contributed by atoms with van der Waals surface area (Å²) in [5.74, 6) is 1.85. The minimum atomic E-state index is -0.00813. The van der Waals surface area contributed by atoms with E-state index in [2.05, 4.69) is 28.4 Å². The van der Waals surface area contributed by atoms with Crippen molar-refractivity contribution in [2.75, 3.05) is 34.4 Å². The molecule has 0 saturated carbocycles. The number of benzene rings is 2. The average molecular weight is 370 g/mol. The van der Waals surface area contributed by atoms with E-state index in [-0.39, 0.29) is 5.91 Å². The molecule has 0 spiro atoms. The highest BCUT2D eigenvalue weighted by Gasteiger charge is 2.18. The number of methoxy groups -OCH3 is 3. The molecule has 3 rings (SSSR count). The second-order valence-corrected chi connectivity index (χ2v) is 6.53. The number of carbonyl (C=O) groups is 1. The second-order valence-electron chi connectivity index (χ2n) is 6.53. The maximum atomic E-state index is 12.4. The van der Waals surface area contributed by atoms with Crippen LogP contribution in [0.25, 0.3) is 0 Å². The maximum Gasteiger partial charge on any atom is 0.234 e. The molecule has 1 heterocycles. The van der Waals surface area contributed by atoms with Crippen LogP contribution in [-0.4, -0.2) is 45.2 Å². The lowest BCUT2D eigenvalue weighted by Gasteiger charge is -2.28. The highest BCUT2D eigenvalue weighted by atomic mass is 16.5. The molecule has 6 heteroatoms. The monoisotopic (exact) mass is 370 g/mol. The van der Waals surface area contributed by atoms with E-state index in [1.165, 1.54) is 11.1 Å². The first-order valence-electron chi connectivity index (χ1n) is 8.99. The van der Waals surface area contributed by atoms with Crippen LogP contribution < -0.4 is 19.5 Å². The topological polar surface area (TPSA) is 60.0 Å². The molecule has 0 aliphatic carbocycles. The predicted molar refractivity (Wildman–Crippen MR) is 103 cm³/mol. The van der Waals surface area contributed by atoms with Crippen LogP contribution in [0.5, 0.6) is 17.2 Å². The molecule has 0 atom stereocenters. The van der Waals surface area contributed by atoms with Crippen LogP contribution in [0.4, 0.5) is 0 Å². The Morgan fingerprint density at radius 3 is 2.37 bits per heavy atom. The first-order valence-corrected chi connectivity index (χ1v) is 8.99. The second kappa shape index (κ2) is 8.77. The number of ether oxygens (including phenoxy) is 3. The van der Waals surface area contributed by atoms with Crippen molar-refractivity contribution in [1.82, 2.24) is 10.2 Å². The Kier molecular flexibility index (Phi) is 6.19. The van der Waals surface area contributed by atoms with Gasteiger partial charge in [-0.3, -0.25) is 9.69 Å². The molecule has 2 aromatic carbocycles. The summed E-state index contributed by atoms with van der Waals surface area (Å²) in [6, 6.07) is 12.0. The van der Waals surface area contributed by atoms with Gasteiger partial charge in [0.2, 0.25) is 5.91 Å². The highest BCUT2D eigenvalue weighted by Crippen LogP contribution is 2.34. The Balaban J connectivity index is 1.59. The lowest BCUT2D eigenvalue weighted by molar-refractivity contribution is -0.122. The summed E-state index contributed by atoms with van der Waals surface area (Å²) in [5.41, 5.74) is 3.52. The van der Waals surface area contributed by atoms with Crippen LogP contribution in [-0.2, 0) is 24.3 Å². The molecule has 0 radical (unpaired) electrons. The number of fused-ring (bicyclic) bond motifs is 1. The third kappa shape index (κ3) is 4.52. The Morgan fingerprint density at radius 1 is 1.00 bits per heavy atom. The first-order chi connectivity index (χ1) is 13.1. The van der Waals surface area contributed by atoms with Crippen molar-refractivity contribution in [3.8, 4) is 17.2 Å². The van der Waals surface area contributed by atoms with Crippen LogP contribution in [0.1, 0.15) is 16.7 Å². The standard InChI is InChI=1S/C21H26N2O4/c1-25-18-11-20(27-3)19(26-2)10-17(18)12-22-21(24)14-23-9-8-15-6-4-5-7-16(15)13-23/h4-7,10-11H,8-9,12-14H2,1-3H3,(H,22,24). The minimum Gasteiger partial charge on any atom is -0.496 e. The van der Waals surface area contributed by atoms with Gasteiger partial charge in [0.1, 0.15) is 5.75 Å². The molecule has 144 valence electrons. The molecule has 1 aliphatic rings. The van der Waals surface area contributed by atoms with E-state index >= 15 is 0 Å². The third-order valence-electron chi connectivity index (χ3n) is 4.84. The van der Waals surface area contributed by atoms with Crippen LogP contribution >= 0.6 is 0 Å². The molecule has 27 heavy (non-hydrogen) atoms. The van der Waals surface area contributed by atoms with Crippen molar-refractivity contribution in [2.24, 2.45) is 0 Å². The molecule has 1 N–H and O–H groups in total. The van der Waals surface area contributed by atoms with E-state index in [0.29, 0.717) is 30.3 Å². The van der Waals surface area contributed by atoms with Gasteiger partial charge < -0.3 is 19.5 Å². The molecular weight excluding hydrogens is 344 g/mol. The van der Waals surface area contributed by atoms with Gasteiger partial charge in [-0.05, 0) is 23.6 Å². The summed E-state index contributed by atoms with van der Waals surface area (Å²) in [6.07, 6.45) is 0.979. The summed E-state index contributed by atoms with van der Waals surface area (Å²) in [5, 5.41) is 2.98. The molecule has 1 aliphatic heterocycles. The fraction of sp³-hybridized carbons (Fsp3) is 0.381. The van der Waals surface area contributed by atoms with Gasteiger partial charge in [0.25, 0.3) is 0 Å². The van der Waals surface area contributed by atoms with Gasteiger partial charge in [0.05, 0.1) is 27.9 Å². The zero-order chi connectivity index (χ0) is 19.2. The quantitative estimate of drug-likeness (QED) is 0.811. The van der Waals surface area contributed by atoms with Crippen LogP contribution in [0, 0.1) is 0 Å². The van der Waals surface area contributed by atoms with Gasteiger partial charge in [-0.25, -0.2) is 0 Å². The van der Waals surface area contributed by atoms with Crippen molar-refractivity contribution in [3.63, 3.8) is 0 Å². The normalized spacial score (nSPS) is 13.6. The van der Waals surface area contributed by atoms with Gasteiger partial charge in [0.15, 0.2) is 11.5 Å². The molecule has 0 unspecified atom stereocenters. The van der Waals surface area contributed by atoms with E-state index in [4.69, 9.17) is 14.2 Å². The molecule has 0 fully saturated rings. The summed E-state index contributed by atoms with van der Waals surface area (Å²) in [4.78, 5) is 14.6. The predicted octanol–water partition coefficient (Wildman–Crippen LogP) is 2.39. The lowest BCUT2D eigenvalue weighted by Crippen LogP contribution is -2.39. The van der Waals surface area contributed by atoms with Gasteiger partial charge in [-0.2, -0.15) is 0 Å². The van der Waals surface area contributed by atoms with Crippen molar-refractivity contribution in [2.45, 2.75) is 19.5 Å². The van der Waals surface area contributed by atoms with Gasteiger partial charge >= 0.3 is 0 Å². The largest absolute Gasteiger partial charge is 0.496 e. The van der Waals surface area contributed by atoms with E-state index in [9.17, 15) is 4.79 Å². The number of nitrogens with zero attached hydrogens (tertiary/aromatic N) is 1. The van der Waals surface area contributed by atoms with Crippen molar-refractivity contribution >= 4 is 5.91 Å². The molecule has 0 saturated heterocycles. The molecular formula is C21H26N2O4. The Hall–Kier alpha value is -2.73. The van der Waals surface area contributed by atoms with Crippen LogP contribution in [0.3, 0.4) is 0 Å². The molecule has 0 aromatic heterocycles. The SMILES string of the molecule is COc1cc(OC)c(OC)cc1CNC(=O)CN1CCc2ccccc2C1. The van der Waals surface area contributed by atoms with E-state index in [1.807, 2.05) is 12.1 Å². The maximum absolute atomic E-state index is 12.4. The van der Waals surface area contributed by atoms with Crippen molar-refractivity contribution < 1.29 is 19.0 Å². The summed E-state index contributed by atoms with van der Waals surface area (Å²) in [7, 11) is 4.76. The van der Waals surface area contributed by atoms with Gasteiger partial charge in [-0.15, -0.1) is 0 Å². The van der Waals surface area contributed by atoms with Crippen LogP contribution in [0.15, 0.2) is 36.4 Å². The number of hydrogen-bond acceptors (Lipinski definition) is 5. The molecule has 6 nitrogen and oxygen atoms in total. The zero-order valence-corrected chi connectivity index (χ0v) is 16.1. The number of nitrogens with one attached hydrogen (secondary N) is 1. The average Bonchev–Trinajstić information content (AvgIpc) is 2.71. The summed E-state index contributed by atoms with van der Waals surface area (Å²) in [6.45, 7) is 2.45. The Bertz CT molecular complexity index is 807. The summed E-state index contributed by atoms with van der Waals surface area (Å²) < 4.78 is 16.0. The highest BCUT2D eigenvalue weighted by molar-refractivity contribution is 5.78. The first kappa shape index (κ1) is 19.0. The van der Waals surface area contributed by atoms with E-state index in [1.54, 1.807) is 27.4 Å². The Morgan fingerprint density at radius 2 is 1.67 bits per heavy atom. The molecule has 1 amide bonds. The zero-order valence-electron chi connectivity index (χ0n) is 16.1. The number of carbonyl (C=O) groups excluding carboxylic acids is 1. The summed E-state index contributed by atoms with van der Waals surface area (Å²) >= 11 is 0. The van der Waals surface area contributed by atoms with Crippen LogP contribution in [0.2, 0.25) is 0 Å². The van der Waals surface area contributed by atoms with Crippen molar-refractivity contribution in [1.29, 1.82) is 0 Å². The number of amides is 1. The van der Waals surface area contributed by atoms with Gasteiger partial charge in [0, 0.05) is 31.3 Å². The Labute approximate surface area is 160 Å². The lowest BCUT2D eigenvalue weighted by atomic mass is 10.00. The third-order valence-corrected chi connectivity index (χ3v) is 4.84. The number of rotatable bonds is 7. The van der Waals surface area contributed by atoms with E-state index < -0.39 is 0 Å². The minimum absolute atomic E-state index is 0.00813. The fourth-order valence-corrected chi connectivity index (χ4v) is 3.37. The smallest absolute Gasteiger partial charge is 0.234 e.